The molecule has 0 fully saturated rings. The summed E-state index contributed by atoms with van der Waals surface area (Å²) in [5.41, 5.74) is 2.36. The van der Waals surface area contributed by atoms with Gasteiger partial charge in [0, 0.05) is 40.2 Å². The van der Waals surface area contributed by atoms with Crippen LogP contribution in [0.1, 0.15) is 17.5 Å². The van der Waals surface area contributed by atoms with Gasteiger partial charge in [-0.15, -0.1) is 0 Å². The largest absolute Gasteiger partial charge is 0.356 e. The number of nitrogens with one attached hydrogen (secondary N) is 2. The van der Waals surface area contributed by atoms with E-state index in [2.05, 4.69) is 32.5 Å². The molecule has 0 bridgehead atoms. The summed E-state index contributed by atoms with van der Waals surface area (Å²) in [6.45, 7) is 1.91. The zero-order valence-electron chi connectivity index (χ0n) is 14.2. The number of aliphatic imine (C=N–C) groups is 1. The Morgan fingerprint density at radius 1 is 1.17 bits per heavy atom. The minimum Gasteiger partial charge on any atom is -0.356 e. The molecule has 0 aliphatic heterocycles. The number of guanidine groups is 1. The SMILES string of the molecule is CN=C(NCCC(=O)N(C)Cc1ccccc1)NCc1ccsc1. The van der Waals surface area contributed by atoms with Crippen LogP contribution in [0, 0.1) is 0 Å². The maximum Gasteiger partial charge on any atom is 0.224 e. The van der Waals surface area contributed by atoms with Gasteiger partial charge in [-0.3, -0.25) is 9.79 Å². The third-order valence-corrected chi connectivity index (χ3v) is 4.32. The highest BCUT2D eigenvalue weighted by Gasteiger charge is 2.09. The van der Waals surface area contributed by atoms with Crippen molar-refractivity contribution in [2.45, 2.75) is 19.5 Å². The van der Waals surface area contributed by atoms with Gasteiger partial charge in [-0.2, -0.15) is 11.3 Å². The molecule has 24 heavy (non-hydrogen) atoms. The summed E-state index contributed by atoms with van der Waals surface area (Å²) >= 11 is 1.67. The van der Waals surface area contributed by atoms with E-state index in [1.165, 1.54) is 5.56 Å². The molecule has 0 radical (unpaired) electrons. The average Bonchev–Trinajstić information content (AvgIpc) is 3.12. The van der Waals surface area contributed by atoms with Crippen LogP contribution in [0.25, 0.3) is 0 Å². The first-order valence-corrected chi connectivity index (χ1v) is 8.87. The summed E-state index contributed by atoms with van der Waals surface area (Å²) in [4.78, 5) is 18.1. The molecule has 128 valence electrons. The van der Waals surface area contributed by atoms with Crippen molar-refractivity contribution in [3.05, 3.63) is 58.3 Å². The van der Waals surface area contributed by atoms with Crippen LogP contribution in [-0.2, 0) is 17.9 Å². The van der Waals surface area contributed by atoms with Crippen LogP contribution in [-0.4, -0.2) is 37.4 Å². The Labute approximate surface area is 147 Å². The van der Waals surface area contributed by atoms with Crippen LogP contribution in [0.5, 0.6) is 0 Å². The molecule has 0 atom stereocenters. The minimum atomic E-state index is 0.111. The Morgan fingerprint density at radius 2 is 1.96 bits per heavy atom. The van der Waals surface area contributed by atoms with Gasteiger partial charge in [-0.05, 0) is 28.0 Å². The molecule has 2 rings (SSSR count). The lowest BCUT2D eigenvalue weighted by Gasteiger charge is -2.18. The Kier molecular flexibility index (Phi) is 7.29. The van der Waals surface area contributed by atoms with Gasteiger partial charge in [0.15, 0.2) is 5.96 Å². The Hall–Kier alpha value is -2.34. The zero-order chi connectivity index (χ0) is 17.2. The number of carbonyl (C=O) groups excluding carboxylic acids is 1. The number of hydrogen-bond donors (Lipinski definition) is 2. The van der Waals surface area contributed by atoms with E-state index in [9.17, 15) is 4.79 Å². The van der Waals surface area contributed by atoms with Gasteiger partial charge in [0.05, 0.1) is 0 Å². The maximum atomic E-state index is 12.2. The molecule has 1 aromatic heterocycles. The zero-order valence-corrected chi connectivity index (χ0v) is 15.0. The van der Waals surface area contributed by atoms with Crippen molar-refractivity contribution in [1.29, 1.82) is 0 Å². The highest BCUT2D eigenvalue weighted by atomic mass is 32.1. The van der Waals surface area contributed by atoms with Crippen LogP contribution in [0.3, 0.4) is 0 Å². The number of rotatable bonds is 7. The molecule has 0 unspecified atom stereocenters. The molecule has 1 aromatic carbocycles. The normalized spacial score (nSPS) is 11.2. The molecular weight excluding hydrogens is 320 g/mol. The van der Waals surface area contributed by atoms with E-state index in [1.807, 2.05) is 37.4 Å². The van der Waals surface area contributed by atoms with Gasteiger partial charge < -0.3 is 15.5 Å². The monoisotopic (exact) mass is 344 g/mol. The standard InChI is InChI=1S/C18H24N4OS/c1-19-18(21-12-16-9-11-24-14-16)20-10-8-17(23)22(2)13-15-6-4-3-5-7-15/h3-7,9,11,14H,8,10,12-13H2,1-2H3,(H2,19,20,21). The van der Waals surface area contributed by atoms with E-state index >= 15 is 0 Å². The number of carbonyl (C=O) groups is 1. The highest BCUT2D eigenvalue weighted by Crippen LogP contribution is 2.05. The van der Waals surface area contributed by atoms with E-state index in [4.69, 9.17) is 0 Å². The quantitative estimate of drug-likeness (QED) is 0.599. The Balaban J connectivity index is 1.68. The molecule has 1 heterocycles. The van der Waals surface area contributed by atoms with Gasteiger partial charge >= 0.3 is 0 Å². The van der Waals surface area contributed by atoms with Crippen molar-refractivity contribution >= 4 is 23.2 Å². The first-order chi connectivity index (χ1) is 11.7. The van der Waals surface area contributed by atoms with Crippen molar-refractivity contribution in [2.24, 2.45) is 4.99 Å². The van der Waals surface area contributed by atoms with E-state index in [0.29, 0.717) is 25.5 Å². The average molecular weight is 344 g/mol. The molecule has 5 nitrogen and oxygen atoms in total. The molecule has 6 heteroatoms. The van der Waals surface area contributed by atoms with E-state index in [-0.39, 0.29) is 5.91 Å². The first-order valence-electron chi connectivity index (χ1n) is 7.92. The Morgan fingerprint density at radius 3 is 2.62 bits per heavy atom. The van der Waals surface area contributed by atoms with Crippen LogP contribution in [0.2, 0.25) is 0 Å². The van der Waals surface area contributed by atoms with Crippen molar-refractivity contribution in [3.63, 3.8) is 0 Å². The highest BCUT2D eigenvalue weighted by molar-refractivity contribution is 7.07. The van der Waals surface area contributed by atoms with Gasteiger partial charge in [0.2, 0.25) is 5.91 Å². The van der Waals surface area contributed by atoms with E-state index in [1.54, 1.807) is 23.3 Å². The fourth-order valence-corrected chi connectivity index (χ4v) is 2.89. The number of hydrogen-bond acceptors (Lipinski definition) is 3. The van der Waals surface area contributed by atoms with Crippen molar-refractivity contribution < 1.29 is 4.79 Å². The van der Waals surface area contributed by atoms with Crippen LogP contribution in [0.4, 0.5) is 0 Å². The Bertz CT molecular complexity index is 640. The molecule has 0 saturated carbocycles. The smallest absolute Gasteiger partial charge is 0.224 e. The van der Waals surface area contributed by atoms with Crippen molar-refractivity contribution in [3.8, 4) is 0 Å². The molecule has 2 aromatic rings. The third-order valence-electron chi connectivity index (χ3n) is 3.58. The second kappa shape index (κ2) is 9.72. The fourth-order valence-electron chi connectivity index (χ4n) is 2.22. The van der Waals surface area contributed by atoms with E-state index < -0.39 is 0 Å². The number of thiophene rings is 1. The molecule has 0 aliphatic rings. The molecule has 0 spiro atoms. The summed E-state index contributed by atoms with van der Waals surface area (Å²) in [5, 5.41) is 10.6. The van der Waals surface area contributed by atoms with Gasteiger partial charge in [-0.25, -0.2) is 0 Å². The number of benzene rings is 1. The lowest BCUT2D eigenvalue weighted by molar-refractivity contribution is -0.130. The maximum absolute atomic E-state index is 12.2. The van der Waals surface area contributed by atoms with Crippen molar-refractivity contribution in [2.75, 3.05) is 20.6 Å². The second-order valence-corrected chi connectivity index (χ2v) is 6.25. The lowest BCUT2D eigenvalue weighted by atomic mass is 10.2. The van der Waals surface area contributed by atoms with E-state index in [0.717, 1.165) is 12.1 Å². The third kappa shape index (κ3) is 6.04. The minimum absolute atomic E-state index is 0.111. The number of nitrogens with zero attached hydrogens (tertiary/aromatic N) is 2. The topological polar surface area (TPSA) is 56.7 Å². The van der Waals surface area contributed by atoms with Crippen LogP contribution >= 0.6 is 11.3 Å². The van der Waals surface area contributed by atoms with Crippen LogP contribution < -0.4 is 10.6 Å². The summed E-state index contributed by atoms with van der Waals surface area (Å²) in [6, 6.07) is 12.1. The van der Waals surface area contributed by atoms with Gasteiger partial charge in [0.1, 0.15) is 0 Å². The van der Waals surface area contributed by atoms with Gasteiger partial charge in [-0.1, -0.05) is 30.3 Å². The van der Waals surface area contributed by atoms with Crippen molar-refractivity contribution in [1.82, 2.24) is 15.5 Å². The predicted octanol–water partition coefficient (Wildman–Crippen LogP) is 2.46. The lowest BCUT2D eigenvalue weighted by Crippen LogP contribution is -2.39. The predicted molar refractivity (Wildman–Crippen MR) is 100 cm³/mol. The summed E-state index contributed by atoms with van der Waals surface area (Å²) in [6.07, 6.45) is 0.433. The fraction of sp³-hybridized carbons (Fsp3) is 0.333. The molecule has 0 saturated heterocycles. The summed E-state index contributed by atoms with van der Waals surface area (Å²) in [7, 11) is 3.56. The van der Waals surface area contributed by atoms with Crippen LogP contribution in [0.15, 0.2) is 52.2 Å². The molecular formula is C18H24N4OS. The van der Waals surface area contributed by atoms with Gasteiger partial charge in [0.25, 0.3) is 0 Å². The summed E-state index contributed by atoms with van der Waals surface area (Å²) < 4.78 is 0. The number of amides is 1. The first kappa shape index (κ1) is 18.0. The summed E-state index contributed by atoms with van der Waals surface area (Å²) in [5.74, 6) is 0.819. The second-order valence-electron chi connectivity index (χ2n) is 5.47. The molecule has 1 amide bonds. The molecule has 0 aliphatic carbocycles. The molecule has 2 N–H and O–H groups in total.